The molecule has 16 heavy (non-hydrogen) atoms. The number of rotatable bonds is 5. The molecule has 1 aliphatic carbocycles. The van der Waals surface area contributed by atoms with Gasteiger partial charge in [0.1, 0.15) is 0 Å². The van der Waals surface area contributed by atoms with Crippen LogP contribution in [0.2, 0.25) is 6.04 Å². The highest BCUT2D eigenvalue weighted by Crippen LogP contribution is 2.24. The maximum atomic E-state index is 5.44. The molecule has 1 aliphatic rings. The summed E-state index contributed by atoms with van der Waals surface area (Å²) >= 11 is 0. The van der Waals surface area contributed by atoms with Crippen molar-refractivity contribution in [2.75, 3.05) is 21.3 Å². The predicted octanol–water partition coefficient (Wildman–Crippen LogP) is 2.92. The molecule has 4 heteroatoms. The van der Waals surface area contributed by atoms with Crippen LogP contribution < -0.4 is 0 Å². The van der Waals surface area contributed by atoms with Crippen LogP contribution in [0.5, 0.6) is 0 Å². The topological polar surface area (TPSA) is 27.7 Å². The highest BCUT2D eigenvalue weighted by molar-refractivity contribution is 6.61. The van der Waals surface area contributed by atoms with Gasteiger partial charge in [-0.3, -0.25) is 0 Å². The van der Waals surface area contributed by atoms with E-state index in [2.05, 4.69) is 18.2 Å². The Kier molecular flexibility index (Phi) is 5.98. The van der Waals surface area contributed by atoms with Crippen molar-refractivity contribution in [1.82, 2.24) is 0 Å². The number of allylic oxidation sites excluding steroid dienone is 4. The van der Waals surface area contributed by atoms with Gasteiger partial charge in [0.25, 0.3) is 0 Å². The molecule has 0 amide bonds. The minimum Gasteiger partial charge on any atom is -0.377 e. The Morgan fingerprint density at radius 3 is 2.44 bits per heavy atom. The molecule has 0 unspecified atom stereocenters. The summed E-state index contributed by atoms with van der Waals surface area (Å²) in [7, 11) is 2.55. The van der Waals surface area contributed by atoms with E-state index in [4.69, 9.17) is 13.3 Å². The van der Waals surface area contributed by atoms with Crippen molar-refractivity contribution < 1.29 is 13.3 Å². The Morgan fingerprint density at radius 2 is 1.81 bits per heavy atom. The molecule has 0 heterocycles. The summed E-state index contributed by atoms with van der Waals surface area (Å²) in [5.41, 5.74) is 1.37. The van der Waals surface area contributed by atoms with Gasteiger partial charge in [0, 0.05) is 27.4 Å². The quantitative estimate of drug-likeness (QED) is 0.694. The van der Waals surface area contributed by atoms with Crippen molar-refractivity contribution in [3.8, 4) is 0 Å². The van der Waals surface area contributed by atoms with E-state index < -0.39 is 8.80 Å². The average molecular weight is 242 g/mol. The van der Waals surface area contributed by atoms with E-state index in [0.717, 1.165) is 12.5 Å². The Morgan fingerprint density at radius 1 is 1.12 bits per heavy atom. The van der Waals surface area contributed by atoms with Gasteiger partial charge in [-0.25, -0.2) is 0 Å². The molecular formula is C12H22O3Si. The highest BCUT2D eigenvalue weighted by Gasteiger charge is 2.38. The SMILES string of the molecule is CO[Si](C/C1=C/C=C\CCCC1)(OC)OC. The van der Waals surface area contributed by atoms with Gasteiger partial charge in [-0.1, -0.05) is 23.8 Å². The lowest BCUT2D eigenvalue weighted by atomic mass is 10.1. The van der Waals surface area contributed by atoms with Crippen LogP contribution in [0.25, 0.3) is 0 Å². The molecule has 0 atom stereocenters. The van der Waals surface area contributed by atoms with Gasteiger partial charge in [0.2, 0.25) is 0 Å². The van der Waals surface area contributed by atoms with Gasteiger partial charge in [0.05, 0.1) is 0 Å². The molecule has 0 aromatic carbocycles. The van der Waals surface area contributed by atoms with Crippen LogP contribution in [-0.2, 0) is 13.3 Å². The maximum absolute atomic E-state index is 5.44. The third kappa shape index (κ3) is 3.86. The van der Waals surface area contributed by atoms with Crippen LogP contribution in [-0.4, -0.2) is 30.1 Å². The first-order chi connectivity index (χ1) is 7.76. The zero-order valence-corrected chi connectivity index (χ0v) is 11.5. The molecule has 0 radical (unpaired) electrons. The summed E-state index contributed by atoms with van der Waals surface area (Å²) in [4.78, 5) is 0. The molecular weight excluding hydrogens is 220 g/mol. The third-order valence-corrected chi connectivity index (χ3v) is 5.72. The Labute approximate surface area is 99.5 Å². The van der Waals surface area contributed by atoms with E-state index in [1.807, 2.05) is 0 Å². The second-order valence-electron chi connectivity index (χ2n) is 3.97. The fraction of sp³-hybridized carbons (Fsp3) is 0.667. The minimum atomic E-state index is -2.45. The number of hydrogen-bond acceptors (Lipinski definition) is 3. The van der Waals surface area contributed by atoms with E-state index >= 15 is 0 Å². The molecule has 0 saturated carbocycles. The molecule has 0 aromatic heterocycles. The lowest BCUT2D eigenvalue weighted by molar-refractivity contribution is 0.126. The standard InChI is InChI=1S/C12H22O3Si/c1-13-16(14-2,15-3)11-12-9-7-5-4-6-8-10-12/h5,7,9H,4,6,8,10-11H2,1-3H3/b7-5-,12-9+. The molecule has 0 aliphatic heterocycles. The summed E-state index contributed by atoms with van der Waals surface area (Å²) in [6.45, 7) is 0. The smallest absolute Gasteiger partial charge is 0.377 e. The second-order valence-corrected chi connectivity index (χ2v) is 6.92. The lowest BCUT2D eigenvalue weighted by Gasteiger charge is -2.25. The van der Waals surface area contributed by atoms with Crippen molar-refractivity contribution in [1.29, 1.82) is 0 Å². The summed E-state index contributed by atoms with van der Waals surface area (Å²) in [5, 5.41) is 0. The van der Waals surface area contributed by atoms with Gasteiger partial charge < -0.3 is 13.3 Å². The monoisotopic (exact) mass is 242 g/mol. The van der Waals surface area contributed by atoms with E-state index in [9.17, 15) is 0 Å². The van der Waals surface area contributed by atoms with Crippen molar-refractivity contribution in [2.24, 2.45) is 0 Å². The summed E-state index contributed by atoms with van der Waals surface area (Å²) in [5.74, 6) is 0. The zero-order chi connectivity index (χ0) is 11.9. The molecule has 92 valence electrons. The molecule has 1 rings (SSSR count). The Balaban J connectivity index is 2.68. The summed E-state index contributed by atoms with van der Waals surface area (Å²) in [6.07, 6.45) is 11.3. The fourth-order valence-electron chi connectivity index (χ4n) is 1.89. The number of hydrogen-bond donors (Lipinski definition) is 0. The minimum absolute atomic E-state index is 0.792. The summed E-state index contributed by atoms with van der Waals surface area (Å²) < 4.78 is 16.3. The lowest BCUT2D eigenvalue weighted by Crippen LogP contribution is -2.43. The third-order valence-electron chi connectivity index (χ3n) is 2.96. The Bertz CT molecular complexity index is 249. The van der Waals surface area contributed by atoms with Crippen LogP contribution in [0.15, 0.2) is 23.8 Å². The summed E-state index contributed by atoms with van der Waals surface area (Å²) in [6, 6.07) is 0.792. The van der Waals surface area contributed by atoms with E-state index in [0.29, 0.717) is 0 Å². The highest BCUT2D eigenvalue weighted by atomic mass is 28.4. The van der Waals surface area contributed by atoms with Gasteiger partial charge in [0.15, 0.2) is 0 Å². The van der Waals surface area contributed by atoms with Crippen molar-refractivity contribution in [3.63, 3.8) is 0 Å². The first-order valence-electron chi connectivity index (χ1n) is 5.76. The first-order valence-corrected chi connectivity index (χ1v) is 7.69. The largest absolute Gasteiger partial charge is 0.504 e. The molecule has 3 nitrogen and oxygen atoms in total. The van der Waals surface area contributed by atoms with Crippen LogP contribution in [0.4, 0.5) is 0 Å². The fourth-order valence-corrected chi connectivity index (χ4v) is 3.67. The van der Waals surface area contributed by atoms with Gasteiger partial charge in [-0.2, -0.15) is 0 Å². The Hall–Kier alpha value is -0.423. The van der Waals surface area contributed by atoms with Crippen molar-refractivity contribution in [2.45, 2.75) is 31.7 Å². The first kappa shape index (κ1) is 13.6. The van der Waals surface area contributed by atoms with Crippen LogP contribution in [0, 0.1) is 0 Å². The maximum Gasteiger partial charge on any atom is 0.504 e. The average Bonchev–Trinajstić information content (AvgIpc) is 2.29. The molecule has 0 bridgehead atoms. The predicted molar refractivity (Wildman–Crippen MR) is 67.3 cm³/mol. The van der Waals surface area contributed by atoms with Crippen molar-refractivity contribution >= 4 is 8.80 Å². The van der Waals surface area contributed by atoms with Gasteiger partial charge in [-0.05, 0) is 25.7 Å². The van der Waals surface area contributed by atoms with Crippen LogP contribution >= 0.6 is 0 Å². The van der Waals surface area contributed by atoms with Crippen molar-refractivity contribution in [3.05, 3.63) is 23.8 Å². The van der Waals surface area contributed by atoms with Gasteiger partial charge >= 0.3 is 8.80 Å². The molecule has 0 fully saturated rings. The van der Waals surface area contributed by atoms with Crippen LogP contribution in [0.1, 0.15) is 25.7 Å². The second kappa shape index (κ2) is 7.01. The normalized spacial score (nSPS) is 23.1. The van der Waals surface area contributed by atoms with E-state index in [-0.39, 0.29) is 0 Å². The molecule has 0 N–H and O–H groups in total. The van der Waals surface area contributed by atoms with Crippen LogP contribution in [0.3, 0.4) is 0 Å². The van der Waals surface area contributed by atoms with E-state index in [1.165, 1.54) is 24.8 Å². The van der Waals surface area contributed by atoms with Gasteiger partial charge in [-0.15, -0.1) is 0 Å². The van der Waals surface area contributed by atoms with E-state index in [1.54, 1.807) is 21.3 Å². The zero-order valence-electron chi connectivity index (χ0n) is 10.5. The molecule has 0 aromatic rings. The molecule has 0 saturated heterocycles. The molecule has 0 spiro atoms.